The third kappa shape index (κ3) is 6.38. The predicted molar refractivity (Wildman–Crippen MR) is 131 cm³/mol. The maximum Gasteiger partial charge on any atom is 0.492 e. The van der Waals surface area contributed by atoms with Crippen molar-refractivity contribution < 1.29 is 32.4 Å². The molecule has 1 aromatic heterocycles. The minimum absolute atomic E-state index is 0.0990. The van der Waals surface area contributed by atoms with E-state index in [0.29, 0.717) is 15.5 Å². The maximum atomic E-state index is 13.0. The first-order valence-electron chi connectivity index (χ1n) is 11.3. The summed E-state index contributed by atoms with van der Waals surface area (Å²) in [5.74, 6) is -4.02. The van der Waals surface area contributed by atoms with Crippen LogP contribution >= 0.6 is 22.9 Å². The number of aromatic nitrogens is 1. The van der Waals surface area contributed by atoms with Crippen LogP contribution in [0.3, 0.4) is 0 Å². The Balaban J connectivity index is 1.39. The van der Waals surface area contributed by atoms with E-state index in [1.807, 2.05) is 6.07 Å². The van der Waals surface area contributed by atoms with Gasteiger partial charge in [-0.15, -0.1) is 16.4 Å². The number of benzene rings is 2. The summed E-state index contributed by atoms with van der Waals surface area (Å²) >= 11 is 7.49. The molecule has 37 heavy (non-hydrogen) atoms. The van der Waals surface area contributed by atoms with E-state index in [2.05, 4.69) is 20.5 Å². The fourth-order valence-corrected chi connectivity index (χ4v) is 5.20. The Kier molecular flexibility index (Phi) is 8.00. The number of halogens is 4. The molecule has 2 amide bonds. The molecule has 1 aliphatic rings. The molecule has 2 N–H and O–H groups in total. The highest BCUT2D eigenvalue weighted by Gasteiger charge is 2.47. The van der Waals surface area contributed by atoms with Crippen molar-refractivity contribution in [3.05, 3.63) is 64.1 Å². The summed E-state index contributed by atoms with van der Waals surface area (Å²) in [5, 5.41) is 7.02. The summed E-state index contributed by atoms with van der Waals surface area (Å²) in [4.78, 5) is 46.0. The largest absolute Gasteiger partial charge is 0.492 e. The fraction of sp³-hybridized carbons (Fsp3) is 0.333. The Hall–Kier alpha value is -3.22. The van der Waals surface area contributed by atoms with E-state index >= 15 is 0 Å². The van der Waals surface area contributed by atoms with Crippen molar-refractivity contribution in [1.29, 1.82) is 0 Å². The molecule has 2 aromatic carbocycles. The predicted octanol–water partition coefficient (Wildman–Crippen LogP) is 3.95. The Labute approximate surface area is 218 Å². The Morgan fingerprint density at radius 3 is 2.59 bits per heavy atom. The molecule has 196 valence electrons. The first kappa shape index (κ1) is 26.8. The van der Waals surface area contributed by atoms with E-state index in [1.54, 1.807) is 42.5 Å². The lowest BCUT2D eigenvalue weighted by Gasteiger charge is -2.24. The summed E-state index contributed by atoms with van der Waals surface area (Å²) < 4.78 is 39.3. The molecule has 3 aromatic rings. The highest BCUT2D eigenvalue weighted by atomic mass is 35.5. The van der Waals surface area contributed by atoms with Gasteiger partial charge >= 0.3 is 12.1 Å². The van der Waals surface area contributed by atoms with Gasteiger partial charge in [-0.2, -0.15) is 13.2 Å². The molecule has 0 aliphatic carbocycles. The van der Waals surface area contributed by atoms with Crippen molar-refractivity contribution >= 4 is 50.9 Å². The second-order valence-electron chi connectivity index (χ2n) is 8.48. The SMILES string of the molecule is C[C@H](NC(=O)[C@H]1C[C@H](c2ccccc2)CN1OC(=O)C(F)(F)F)C(=O)NCc1nc2c(Cl)cccc2s1. The number of hydrogen-bond acceptors (Lipinski definition) is 7. The molecule has 4 rings (SSSR count). The van der Waals surface area contributed by atoms with E-state index in [4.69, 9.17) is 11.6 Å². The van der Waals surface area contributed by atoms with Crippen LogP contribution in [0.15, 0.2) is 48.5 Å². The van der Waals surface area contributed by atoms with Crippen LogP contribution in [0.25, 0.3) is 10.2 Å². The van der Waals surface area contributed by atoms with Crippen molar-refractivity contribution in [2.24, 2.45) is 0 Å². The van der Waals surface area contributed by atoms with Crippen LogP contribution in [0, 0.1) is 0 Å². The average Bonchev–Trinajstić information content (AvgIpc) is 3.47. The minimum Gasteiger partial charge on any atom is -0.360 e. The van der Waals surface area contributed by atoms with Gasteiger partial charge in [0.05, 0.1) is 16.3 Å². The topological polar surface area (TPSA) is 101 Å². The van der Waals surface area contributed by atoms with E-state index in [9.17, 15) is 27.6 Å². The highest BCUT2D eigenvalue weighted by molar-refractivity contribution is 7.18. The fourth-order valence-electron chi connectivity index (χ4n) is 4.00. The van der Waals surface area contributed by atoms with E-state index in [1.165, 1.54) is 18.3 Å². The number of nitrogens with zero attached hydrogens (tertiary/aromatic N) is 2. The molecule has 13 heteroatoms. The molecule has 0 saturated carbocycles. The van der Waals surface area contributed by atoms with Crippen molar-refractivity contribution in [2.45, 2.75) is 44.1 Å². The molecule has 3 atom stereocenters. The van der Waals surface area contributed by atoms with Gasteiger partial charge in [-0.3, -0.25) is 9.59 Å². The van der Waals surface area contributed by atoms with Crippen molar-refractivity contribution in [2.75, 3.05) is 6.54 Å². The van der Waals surface area contributed by atoms with Gasteiger partial charge in [-0.25, -0.2) is 9.78 Å². The Morgan fingerprint density at radius 1 is 1.19 bits per heavy atom. The van der Waals surface area contributed by atoms with E-state index < -0.39 is 36.0 Å². The summed E-state index contributed by atoms with van der Waals surface area (Å²) in [6, 6.07) is 12.0. The first-order valence-corrected chi connectivity index (χ1v) is 12.4. The van der Waals surface area contributed by atoms with Crippen LogP contribution < -0.4 is 10.6 Å². The number of fused-ring (bicyclic) bond motifs is 1. The van der Waals surface area contributed by atoms with Crippen LogP contribution in [-0.2, 0) is 25.8 Å². The van der Waals surface area contributed by atoms with E-state index in [0.717, 1.165) is 15.3 Å². The molecule has 2 heterocycles. The highest BCUT2D eigenvalue weighted by Crippen LogP contribution is 2.33. The van der Waals surface area contributed by atoms with Crippen molar-refractivity contribution in [3.63, 3.8) is 0 Å². The average molecular weight is 555 g/mol. The molecule has 0 radical (unpaired) electrons. The Morgan fingerprint density at radius 2 is 1.92 bits per heavy atom. The number of nitrogens with one attached hydrogen (secondary N) is 2. The maximum absolute atomic E-state index is 13.0. The molecule has 0 bridgehead atoms. The van der Waals surface area contributed by atoms with Gasteiger partial charge < -0.3 is 15.5 Å². The van der Waals surface area contributed by atoms with Crippen LogP contribution in [0.2, 0.25) is 5.02 Å². The summed E-state index contributed by atoms with van der Waals surface area (Å²) in [6.07, 6.45) is -5.12. The number of thiazole rings is 1. The lowest BCUT2D eigenvalue weighted by molar-refractivity contribution is -0.240. The molecule has 0 unspecified atom stereocenters. The minimum atomic E-state index is -5.22. The number of rotatable bonds is 7. The van der Waals surface area contributed by atoms with Crippen LogP contribution in [0.1, 0.15) is 29.8 Å². The zero-order chi connectivity index (χ0) is 26.7. The number of para-hydroxylation sites is 1. The third-order valence-corrected chi connectivity index (χ3v) is 7.17. The smallest absolute Gasteiger partial charge is 0.360 e. The number of carbonyl (C=O) groups is 3. The standard InChI is InChI=1S/C24H22ClF3N4O4S/c1-13(21(33)29-11-19-31-20-16(25)8-5-9-18(20)37-19)30-22(34)17-10-15(14-6-3-2-4-7-14)12-32(17)36-23(35)24(26,27)28/h2-9,13,15,17H,10-12H2,1H3,(H,29,33)(H,30,34)/t13-,15-,17+/m0/s1. The summed E-state index contributed by atoms with van der Waals surface area (Å²) in [7, 11) is 0. The molecule has 0 spiro atoms. The zero-order valence-electron chi connectivity index (χ0n) is 19.4. The quantitative estimate of drug-likeness (QED) is 0.459. The summed E-state index contributed by atoms with van der Waals surface area (Å²) in [6.45, 7) is 1.44. The van der Waals surface area contributed by atoms with E-state index in [-0.39, 0.29) is 25.4 Å². The van der Waals surface area contributed by atoms with Gasteiger partial charge in [-0.1, -0.05) is 48.0 Å². The van der Waals surface area contributed by atoms with Crippen molar-refractivity contribution in [3.8, 4) is 0 Å². The Bertz CT molecular complexity index is 1300. The van der Waals surface area contributed by atoms with Gasteiger partial charge in [0.25, 0.3) is 0 Å². The second kappa shape index (κ2) is 11.0. The second-order valence-corrected chi connectivity index (χ2v) is 10.00. The normalized spacial score (nSPS) is 18.9. The van der Waals surface area contributed by atoms with Crippen LogP contribution in [0.4, 0.5) is 13.2 Å². The van der Waals surface area contributed by atoms with Crippen molar-refractivity contribution in [1.82, 2.24) is 20.7 Å². The van der Waals surface area contributed by atoms with Gasteiger partial charge in [0.15, 0.2) is 0 Å². The summed E-state index contributed by atoms with van der Waals surface area (Å²) in [5.41, 5.74) is 1.41. The monoisotopic (exact) mass is 554 g/mol. The molecule has 1 saturated heterocycles. The van der Waals surface area contributed by atoms with Crippen LogP contribution in [-0.4, -0.2) is 52.6 Å². The molecule has 8 nitrogen and oxygen atoms in total. The van der Waals surface area contributed by atoms with Gasteiger partial charge in [-0.05, 0) is 31.0 Å². The number of amides is 2. The molecule has 1 fully saturated rings. The third-order valence-electron chi connectivity index (χ3n) is 5.84. The molecular weight excluding hydrogens is 533 g/mol. The first-order chi connectivity index (χ1) is 17.5. The van der Waals surface area contributed by atoms with Gasteiger partial charge in [0.1, 0.15) is 22.6 Å². The lowest BCUT2D eigenvalue weighted by Crippen LogP contribution is -2.51. The number of carbonyl (C=O) groups excluding carboxylic acids is 3. The number of alkyl halides is 3. The number of hydroxylamine groups is 2. The molecular formula is C24H22ClF3N4O4S. The molecule has 1 aliphatic heterocycles. The van der Waals surface area contributed by atoms with Gasteiger partial charge in [0.2, 0.25) is 11.8 Å². The van der Waals surface area contributed by atoms with Crippen LogP contribution in [0.5, 0.6) is 0 Å². The lowest BCUT2D eigenvalue weighted by atomic mass is 9.96. The van der Waals surface area contributed by atoms with Gasteiger partial charge in [0, 0.05) is 12.5 Å². The number of hydrogen-bond donors (Lipinski definition) is 2. The zero-order valence-corrected chi connectivity index (χ0v) is 21.0.